The van der Waals surface area contributed by atoms with Crippen molar-refractivity contribution < 1.29 is 14.6 Å². The summed E-state index contributed by atoms with van der Waals surface area (Å²) in [5.74, 6) is 0.633. The van der Waals surface area contributed by atoms with Crippen LogP contribution in [0.5, 0.6) is 0 Å². The van der Waals surface area contributed by atoms with Gasteiger partial charge in [-0.15, -0.1) is 0 Å². The molecule has 0 aliphatic heterocycles. The van der Waals surface area contributed by atoms with E-state index in [-0.39, 0.29) is 6.10 Å². The Bertz CT molecular complexity index is 176. The molecule has 0 radical (unpaired) electrons. The quantitative estimate of drug-likeness (QED) is 0.526. The average molecular weight is 261 g/mol. The normalized spacial score (nSPS) is 15.0. The molecule has 4 heteroatoms. The number of aliphatic hydroxyl groups is 1. The number of ether oxygens (including phenoxy) is 2. The van der Waals surface area contributed by atoms with Crippen LogP contribution in [0.3, 0.4) is 0 Å². The molecule has 0 aromatic heterocycles. The summed E-state index contributed by atoms with van der Waals surface area (Å²) in [6.07, 6.45) is 1.81. The summed E-state index contributed by atoms with van der Waals surface area (Å²) in [6.45, 7) is 11.8. The first kappa shape index (κ1) is 17.8. The van der Waals surface area contributed by atoms with Crippen molar-refractivity contribution >= 4 is 0 Å². The van der Waals surface area contributed by atoms with E-state index < -0.39 is 6.10 Å². The van der Waals surface area contributed by atoms with Gasteiger partial charge in [0.25, 0.3) is 0 Å². The van der Waals surface area contributed by atoms with E-state index in [1.165, 1.54) is 0 Å². The van der Waals surface area contributed by atoms with Crippen LogP contribution in [0, 0.1) is 5.92 Å². The highest BCUT2D eigenvalue weighted by molar-refractivity contribution is 4.61. The van der Waals surface area contributed by atoms with Crippen molar-refractivity contribution in [3.63, 3.8) is 0 Å². The second-order valence-electron chi connectivity index (χ2n) is 5.18. The Balaban J connectivity index is 3.34. The Labute approximate surface area is 112 Å². The lowest BCUT2D eigenvalue weighted by molar-refractivity contribution is -0.00855. The molecule has 0 aromatic rings. The molecule has 2 unspecified atom stereocenters. The lowest BCUT2D eigenvalue weighted by Gasteiger charge is -2.18. The molecule has 0 rings (SSSR count). The van der Waals surface area contributed by atoms with Crippen molar-refractivity contribution in [3.8, 4) is 0 Å². The van der Waals surface area contributed by atoms with Crippen LogP contribution in [-0.2, 0) is 9.47 Å². The highest BCUT2D eigenvalue weighted by Gasteiger charge is 2.09. The van der Waals surface area contributed by atoms with E-state index in [0.29, 0.717) is 19.1 Å². The molecule has 0 fully saturated rings. The number of rotatable bonds is 12. The fraction of sp³-hybridized carbons (Fsp3) is 1.00. The minimum Gasteiger partial charge on any atom is -0.389 e. The van der Waals surface area contributed by atoms with Gasteiger partial charge in [0.15, 0.2) is 0 Å². The van der Waals surface area contributed by atoms with Gasteiger partial charge in [-0.3, -0.25) is 0 Å². The molecule has 0 saturated carbocycles. The van der Waals surface area contributed by atoms with E-state index >= 15 is 0 Å². The van der Waals surface area contributed by atoms with Crippen LogP contribution >= 0.6 is 0 Å². The van der Waals surface area contributed by atoms with Crippen molar-refractivity contribution in [2.24, 2.45) is 5.92 Å². The smallest absolute Gasteiger partial charge is 0.0897 e. The molecule has 0 bridgehead atoms. The SMILES string of the molecule is CCOCCCNCC(O)COC(C)CC(C)C. The number of hydrogen-bond acceptors (Lipinski definition) is 4. The van der Waals surface area contributed by atoms with Crippen LogP contribution < -0.4 is 5.32 Å². The maximum Gasteiger partial charge on any atom is 0.0897 e. The predicted molar refractivity (Wildman–Crippen MR) is 74.9 cm³/mol. The molecule has 18 heavy (non-hydrogen) atoms. The highest BCUT2D eigenvalue weighted by atomic mass is 16.5. The third-order valence-corrected chi connectivity index (χ3v) is 2.60. The minimum atomic E-state index is -0.424. The zero-order chi connectivity index (χ0) is 13.8. The molecule has 4 nitrogen and oxygen atoms in total. The van der Waals surface area contributed by atoms with E-state index in [4.69, 9.17) is 9.47 Å². The van der Waals surface area contributed by atoms with Crippen LogP contribution in [0.15, 0.2) is 0 Å². The Morgan fingerprint density at radius 3 is 2.56 bits per heavy atom. The molecule has 2 atom stereocenters. The van der Waals surface area contributed by atoms with Gasteiger partial charge in [-0.25, -0.2) is 0 Å². The van der Waals surface area contributed by atoms with Crippen LogP contribution in [0.2, 0.25) is 0 Å². The minimum absolute atomic E-state index is 0.220. The summed E-state index contributed by atoms with van der Waals surface area (Å²) in [4.78, 5) is 0. The molecule has 0 aliphatic carbocycles. The van der Waals surface area contributed by atoms with Gasteiger partial charge in [0.1, 0.15) is 0 Å². The van der Waals surface area contributed by atoms with Gasteiger partial charge < -0.3 is 19.9 Å². The van der Waals surface area contributed by atoms with Gasteiger partial charge >= 0.3 is 0 Å². The molecule has 2 N–H and O–H groups in total. The Morgan fingerprint density at radius 2 is 1.94 bits per heavy atom. The topological polar surface area (TPSA) is 50.7 Å². The van der Waals surface area contributed by atoms with Crippen LogP contribution in [0.25, 0.3) is 0 Å². The van der Waals surface area contributed by atoms with E-state index in [1.807, 2.05) is 6.92 Å². The maximum absolute atomic E-state index is 9.72. The van der Waals surface area contributed by atoms with Crippen LogP contribution in [0.1, 0.15) is 40.5 Å². The third kappa shape index (κ3) is 12.3. The van der Waals surface area contributed by atoms with Crippen molar-refractivity contribution in [2.75, 3.05) is 32.9 Å². The fourth-order valence-electron chi connectivity index (χ4n) is 1.78. The molecule has 0 aromatic carbocycles. The van der Waals surface area contributed by atoms with Crippen molar-refractivity contribution in [3.05, 3.63) is 0 Å². The summed E-state index contributed by atoms with van der Waals surface area (Å²) < 4.78 is 10.8. The van der Waals surface area contributed by atoms with Gasteiger partial charge in [0, 0.05) is 19.8 Å². The number of hydrogen-bond donors (Lipinski definition) is 2. The molecule has 0 spiro atoms. The Hall–Kier alpha value is -0.160. The average Bonchev–Trinajstić information content (AvgIpc) is 2.30. The lowest BCUT2D eigenvalue weighted by Crippen LogP contribution is -2.32. The number of nitrogens with one attached hydrogen (secondary N) is 1. The Morgan fingerprint density at radius 1 is 1.22 bits per heavy atom. The first-order chi connectivity index (χ1) is 8.56. The predicted octanol–water partition coefficient (Wildman–Crippen LogP) is 1.81. The van der Waals surface area contributed by atoms with Gasteiger partial charge in [-0.2, -0.15) is 0 Å². The molecule has 0 saturated heterocycles. The maximum atomic E-state index is 9.72. The molecular weight excluding hydrogens is 230 g/mol. The third-order valence-electron chi connectivity index (χ3n) is 2.60. The van der Waals surface area contributed by atoms with Gasteiger partial charge in [0.2, 0.25) is 0 Å². The zero-order valence-corrected chi connectivity index (χ0v) is 12.4. The summed E-state index contributed by atoms with van der Waals surface area (Å²) in [5, 5.41) is 12.9. The largest absolute Gasteiger partial charge is 0.389 e. The molecule has 0 heterocycles. The first-order valence-electron chi connectivity index (χ1n) is 7.14. The molecule has 0 aliphatic rings. The Kier molecular flexibility index (Phi) is 11.8. The first-order valence-corrected chi connectivity index (χ1v) is 7.14. The summed E-state index contributed by atoms with van der Waals surface area (Å²) >= 11 is 0. The summed E-state index contributed by atoms with van der Waals surface area (Å²) in [7, 11) is 0. The molecule has 110 valence electrons. The van der Waals surface area contributed by atoms with Gasteiger partial charge in [-0.05, 0) is 39.2 Å². The van der Waals surface area contributed by atoms with Crippen LogP contribution in [-0.4, -0.2) is 50.2 Å². The molecule has 0 amide bonds. The lowest BCUT2D eigenvalue weighted by atomic mass is 10.1. The van der Waals surface area contributed by atoms with E-state index in [9.17, 15) is 5.11 Å². The second-order valence-corrected chi connectivity index (χ2v) is 5.18. The molecular formula is C14H31NO3. The zero-order valence-electron chi connectivity index (χ0n) is 12.4. The van der Waals surface area contributed by atoms with Crippen molar-refractivity contribution in [1.82, 2.24) is 5.32 Å². The standard InChI is InChI=1S/C14H31NO3/c1-5-17-8-6-7-15-10-14(16)11-18-13(4)9-12(2)3/h12-16H,5-11H2,1-4H3. The second kappa shape index (κ2) is 11.9. The highest BCUT2D eigenvalue weighted by Crippen LogP contribution is 2.07. The van der Waals surface area contributed by atoms with Crippen molar-refractivity contribution in [2.45, 2.75) is 52.7 Å². The van der Waals surface area contributed by atoms with E-state index in [0.717, 1.165) is 32.6 Å². The summed E-state index contributed by atoms with van der Waals surface area (Å²) in [5.41, 5.74) is 0. The number of aliphatic hydroxyl groups excluding tert-OH is 1. The monoisotopic (exact) mass is 261 g/mol. The fourth-order valence-corrected chi connectivity index (χ4v) is 1.78. The van der Waals surface area contributed by atoms with Crippen molar-refractivity contribution in [1.29, 1.82) is 0 Å². The van der Waals surface area contributed by atoms with E-state index in [1.54, 1.807) is 0 Å². The van der Waals surface area contributed by atoms with E-state index in [2.05, 4.69) is 26.1 Å². The van der Waals surface area contributed by atoms with Gasteiger partial charge in [-0.1, -0.05) is 13.8 Å². The van der Waals surface area contributed by atoms with Gasteiger partial charge in [0.05, 0.1) is 18.8 Å². The van der Waals surface area contributed by atoms with Crippen LogP contribution in [0.4, 0.5) is 0 Å². The summed E-state index contributed by atoms with van der Waals surface area (Å²) in [6, 6.07) is 0.